The maximum atomic E-state index is 12.8. The number of fused-ring (bicyclic) bond motifs is 1. The van der Waals surface area contributed by atoms with Gasteiger partial charge in [-0.3, -0.25) is 9.59 Å². The number of thiazole rings is 1. The second-order valence-electron chi connectivity index (χ2n) is 6.82. The summed E-state index contributed by atoms with van der Waals surface area (Å²) in [6.45, 7) is 0.957. The average Bonchev–Trinajstić information content (AvgIpc) is 3.31. The minimum absolute atomic E-state index is 0.0469. The fourth-order valence-electron chi connectivity index (χ4n) is 3.33. The Kier molecular flexibility index (Phi) is 5.24. The van der Waals surface area contributed by atoms with E-state index in [9.17, 15) is 18.0 Å². The number of aryl methyl sites for hydroxylation is 1. The van der Waals surface area contributed by atoms with Crippen molar-refractivity contribution in [2.45, 2.75) is 17.7 Å². The van der Waals surface area contributed by atoms with E-state index in [1.54, 1.807) is 25.2 Å². The highest BCUT2D eigenvalue weighted by Gasteiger charge is 2.28. The van der Waals surface area contributed by atoms with E-state index in [4.69, 9.17) is 11.6 Å². The number of sulfonamides is 1. The van der Waals surface area contributed by atoms with E-state index in [-0.39, 0.29) is 20.4 Å². The van der Waals surface area contributed by atoms with Crippen LogP contribution in [0.5, 0.6) is 0 Å². The van der Waals surface area contributed by atoms with Gasteiger partial charge >= 0.3 is 4.87 Å². The SMILES string of the molecule is Cn1c(=O)sc2cc(NC(=O)c3cc(S(=O)(=O)N4CCCC4)ccc3Cl)ccc21. The van der Waals surface area contributed by atoms with Crippen molar-refractivity contribution >= 4 is 54.8 Å². The van der Waals surface area contributed by atoms with Gasteiger partial charge in [0.1, 0.15) is 0 Å². The zero-order valence-corrected chi connectivity index (χ0v) is 17.9. The van der Waals surface area contributed by atoms with Crippen LogP contribution in [0.4, 0.5) is 5.69 Å². The Morgan fingerprint density at radius 1 is 1.14 bits per heavy atom. The standard InChI is InChI=1S/C19H18ClN3O4S2/c1-22-16-7-4-12(10-17(16)28-19(22)25)21-18(24)14-11-13(5-6-15(14)20)29(26,27)23-8-2-3-9-23/h4-7,10-11H,2-3,8-9H2,1H3,(H,21,24). The van der Waals surface area contributed by atoms with Gasteiger partial charge < -0.3 is 9.88 Å². The minimum atomic E-state index is -3.66. The lowest BCUT2D eigenvalue weighted by Crippen LogP contribution is -2.28. The molecule has 1 aromatic heterocycles. The molecule has 0 spiro atoms. The Balaban J connectivity index is 1.64. The molecule has 0 radical (unpaired) electrons. The quantitative estimate of drug-likeness (QED) is 0.659. The van der Waals surface area contributed by atoms with Crippen molar-refractivity contribution in [2.75, 3.05) is 18.4 Å². The number of amides is 1. The number of halogens is 1. The molecular formula is C19H18ClN3O4S2. The topological polar surface area (TPSA) is 88.5 Å². The summed E-state index contributed by atoms with van der Waals surface area (Å²) in [5.74, 6) is -0.517. The van der Waals surface area contributed by atoms with Crippen LogP contribution in [-0.4, -0.2) is 36.3 Å². The molecule has 1 saturated heterocycles. The lowest BCUT2D eigenvalue weighted by molar-refractivity contribution is 0.102. The Morgan fingerprint density at radius 2 is 1.86 bits per heavy atom. The zero-order valence-electron chi connectivity index (χ0n) is 15.5. The second-order valence-corrected chi connectivity index (χ2v) is 10.2. The minimum Gasteiger partial charge on any atom is -0.322 e. The van der Waals surface area contributed by atoms with Crippen LogP contribution in [0.1, 0.15) is 23.2 Å². The van der Waals surface area contributed by atoms with Crippen molar-refractivity contribution in [2.24, 2.45) is 7.05 Å². The van der Waals surface area contributed by atoms with Crippen molar-refractivity contribution in [1.82, 2.24) is 8.87 Å². The van der Waals surface area contributed by atoms with Crippen LogP contribution in [0.3, 0.4) is 0 Å². The van der Waals surface area contributed by atoms with Crippen LogP contribution in [0.2, 0.25) is 5.02 Å². The van der Waals surface area contributed by atoms with Crippen LogP contribution in [0.15, 0.2) is 46.1 Å². The number of hydrogen-bond donors (Lipinski definition) is 1. The number of hydrogen-bond acceptors (Lipinski definition) is 5. The molecule has 0 unspecified atom stereocenters. The molecule has 1 aliphatic rings. The number of nitrogens with one attached hydrogen (secondary N) is 1. The Morgan fingerprint density at radius 3 is 2.59 bits per heavy atom. The van der Waals surface area contributed by atoms with Gasteiger partial charge in [-0.05, 0) is 49.2 Å². The molecule has 0 aliphatic carbocycles. The summed E-state index contributed by atoms with van der Waals surface area (Å²) in [6, 6.07) is 9.29. The third-order valence-electron chi connectivity index (χ3n) is 4.94. The number of carbonyl (C=O) groups excluding carboxylic acids is 1. The lowest BCUT2D eigenvalue weighted by Gasteiger charge is -2.16. The van der Waals surface area contributed by atoms with Crippen LogP contribution >= 0.6 is 22.9 Å². The normalized spacial score (nSPS) is 15.1. The molecule has 2 heterocycles. The average molecular weight is 452 g/mol. The first-order valence-corrected chi connectivity index (χ1v) is 11.6. The predicted molar refractivity (Wildman–Crippen MR) is 114 cm³/mol. The highest BCUT2D eigenvalue weighted by Crippen LogP contribution is 2.27. The molecule has 7 nitrogen and oxygen atoms in total. The molecular weight excluding hydrogens is 434 g/mol. The van der Waals surface area contributed by atoms with Crippen molar-refractivity contribution in [3.05, 3.63) is 56.7 Å². The molecule has 2 aromatic carbocycles. The smallest absolute Gasteiger partial charge is 0.307 e. The van der Waals surface area contributed by atoms with Gasteiger partial charge in [-0.25, -0.2) is 8.42 Å². The fourth-order valence-corrected chi connectivity index (χ4v) is 5.99. The molecule has 0 atom stereocenters. The highest BCUT2D eigenvalue weighted by molar-refractivity contribution is 7.89. The summed E-state index contributed by atoms with van der Waals surface area (Å²) >= 11 is 7.26. The molecule has 1 N–H and O–H groups in total. The molecule has 1 aliphatic heterocycles. The van der Waals surface area contributed by atoms with E-state index in [1.165, 1.54) is 27.1 Å². The van der Waals surface area contributed by atoms with Crippen molar-refractivity contribution < 1.29 is 13.2 Å². The van der Waals surface area contributed by atoms with Crippen LogP contribution in [0, 0.1) is 0 Å². The molecule has 29 heavy (non-hydrogen) atoms. The Hall–Kier alpha value is -2.20. The van der Waals surface area contributed by atoms with Gasteiger partial charge in [-0.1, -0.05) is 22.9 Å². The molecule has 1 fully saturated rings. The molecule has 10 heteroatoms. The van der Waals surface area contributed by atoms with Gasteiger partial charge in [-0.15, -0.1) is 0 Å². The first kappa shape index (κ1) is 20.1. The number of aromatic nitrogens is 1. The van der Waals surface area contributed by atoms with Crippen LogP contribution < -0.4 is 10.2 Å². The summed E-state index contributed by atoms with van der Waals surface area (Å²) in [7, 11) is -1.97. The molecule has 4 rings (SSSR count). The number of benzene rings is 2. The van der Waals surface area contributed by atoms with Gasteiger partial charge in [0, 0.05) is 25.8 Å². The van der Waals surface area contributed by atoms with Crippen molar-refractivity contribution in [1.29, 1.82) is 0 Å². The van der Waals surface area contributed by atoms with E-state index >= 15 is 0 Å². The van der Waals surface area contributed by atoms with E-state index in [2.05, 4.69) is 5.32 Å². The number of carbonyl (C=O) groups is 1. The molecule has 152 valence electrons. The Labute approximate surface area is 176 Å². The van der Waals surface area contributed by atoms with E-state index < -0.39 is 15.9 Å². The summed E-state index contributed by atoms with van der Waals surface area (Å²) < 4.78 is 29.3. The molecule has 1 amide bonds. The lowest BCUT2D eigenvalue weighted by atomic mass is 10.2. The number of anilines is 1. The number of nitrogens with zero attached hydrogens (tertiary/aromatic N) is 2. The zero-order chi connectivity index (χ0) is 20.8. The van der Waals surface area contributed by atoms with E-state index in [1.807, 2.05) is 0 Å². The molecule has 0 saturated carbocycles. The third-order valence-corrected chi connectivity index (χ3v) is 8.16. The number of rotatable bonds is 4. The van der Waals surface area contributed by atoms with Crippen LogP contribution in [-0.2, 0) is 17.1 Å². The summed E-state index contributed by atoms with van der Waals surface area (Å²) in [6.07, 6.45) is 1.66. The van der Waals surface area contributed by atoms with Crippen molar-refractivity contribution in [3.63, 3.8) is 0 Å². The van der Waals surface area contributed by atoms with Gasteiger partial charge in [0.25, 0.3) is 5.91 Å². The summed E-state index contributed by atoms with van der Waals surface area (Å²) in [5, 5.41) is 2.89. The van der Waals surface area contributed by atoms with Gasteiger partial charge in [-0.2, -0.15) is 4.31 Å². The van der Waals surface area contributed by atoms with E-state index in [0.717, 1.165) is 34.4 Å². The predicted octanol–water partition coefficient (Wildman–Crippen LogP) is 3.29. The first-order valence-electron chi connectivity index (χ1n) is 8.98. The Bertz CT molecular complexity index is 1270. The summed E-state index contributed by atoms with van der Waals surface area (Å²) in [5.41, 5.74) is 1.34. The third kappa shape index (κ3) is 3.71. The fraction of sp³-hybridized carbons (Fsp3) is 0.263. The molecule has 3 aromatic rings. The highest BCUT2D eigenvalue weighted by atomic mass is 35.5. The van der Waals surface area contributed by atoms with Gasteiger partial charge in [0.05, 0.1) is 25.7 Å². The first-order chi connectivity index (χ1) is 13.8. The van der Waals surface area contributed by atoms with E-state index in [0.29, 0.717) is 18.8 Å². The van der Waals surface area contributed by atoms with Gasteiger partial charge in [0.15, 0.2) is 0 Å². The largest absolute Gasteiger partial charge is 0.322 e. The monoisotopic (exact) mass is 451 g/mol. The molecule has 0 bridgehead atoms. The summed E-state index contributed by atoms with van der Waals surface area (Å²) in [4.78, 5) is 24.5. The maximum absolute atomic E-state index is 12.8. The van der Waals surface area contributed by atoms with Crippen molar-refractivity contribution in [3.8, 4) is 0 Å². The van der Waals surface area contributed by atoms with Gasteiger partial charge in [0.2, 0.25) is 10.0 Å². The maximum Gasteiger partial charge on any atom is 0.307 e. The van der Waals surface area contributed by atoms with Crippen LogP contribution in [0.25, 0.3) is 10.2 Å². The second kappa shape index (κ2) is 7.56.